The molecule has 5 nitrogen and oxygen atoms in total. The number of hydrogen-bond donors (Lipinski definition) is 1. The average Bonchev–Trinajstić information content (AvgIpc) is 2.69. The van der Waals surface area contributed by atoms with E-state index in [0.717, 1.165) is 50.6 Å². The van der Waals surface area contributed by atoms with Crippen LogP contribution in [-0.2, 0) is 16.0 Å². The molecule has 1 aliphatic rings. The zero-order valence-electron chi connectivity index (χ0n) is 11.6. The quantitative estimate of drug-likeness (QED) is 0.853. The third kappa shape index (κ3) is 5.19. The molecule has 1 aromatic rings. The lowest BCUT2D eigenvalue weighted by Crippen LogP contribution is -2.30. The van der Waals surface area contributed by atoms with E-state index < -0.39 is 5.97 Å². The van der Waals surface area contributed by atoms with Crippen LogP contribution < -0.4 is 4.74 Å². The molecule has 5 heteroatoms. The summed E-state index contributed by atoms with van der Waals surface area (Å²) in [5, 5.41) is 8.70. The molecule has 0 radical (unpaired) electrons. The molecule has 0 unspecified atom stereocenters. The summed E-state index contributed by atoms with van der Waals surface area (Å²) in [5.41, 5.74) is 0.787. The number of carboxylic acids is 1. The minimum absolute atomic E-state index is 0.0497. The van der Waals surface area contributed by atoms with Crippen LogP contribution >= 0.6 is 0 Å². The Morgan fingerprint density at radius 2 is 2.05 bits per heavy atom. The molecule has 0 saturated carbocycles. The summed E-state index contributed by atoms with van der Waals surface area (Å²) in [6.07, 6.45) is 1.12. The highest BCUT2D eigenvalue weighted by atomic mass is 16.5. The Balaban J connectivity index is 1.71. The Morgan fingerprint density at radius 3 is 2.80 bits per heavy atom. The van der Waals surface area contributed by atoms with E-state index in [9.17, 15) is 4.79 Å². The van der Waals surface area contributed by atoms with Gasteiger partial charge < -0.3 is 14.6 Å². The van der Waals surface area contributed by atoms with Crippen LogP contribution in [-0.4, -0.2) is 55.4 Å². The molecule has 0 aliphatic carbocycles. The lowest BCUT2D eigenvalue weighted by atomic mass is 10.1. The van der Waals surface area contributed by atoms with E-state index in [4.69, 9.17) is 14.6 Å². The molecule has 0 bridgehead atoms. The highest BCUT2D eigenvalue weighted by molar-refractivity contribution is 5.70. The van der Waals surface area contributed by atoms with Gasteiger partial charge in [-0.2, -0.15) is 0 Å². The standard InChI is InChI=1S/C15H21NO4/c17-15(18)12-13-2-4-14(5-3-13)20-11-8-16-6-1-9-19-10-7-16/h2-5H,1,6-12H2,(H,17,18). The Bertz CT molecular complexity index is 410. The fourth-order valence-electron chi connectivity index (χ4n) is 2.19. The highest BCUT2D eigenvalue weighted by Gasteiger charge is 2.08. The maximum atomic E-state index is 10.6. The Hall–Kier alpha value is -1.59. The van der Waals surface area contributed by atoms with Crippen molar-refractivity contribution in [2.75, 3.05) is 39.5 Å². The van der Waals surface area contributed by atoms with Gasteiger partial charge >= 0.3 is 5.97 Å². The van der Waals surface area contributed by atoms with Gasteiger partial charge in [-0.1, -0.05) is 12.1 Å². The Kier molecular flexibility index (Phi) is 5.83. The maximum Gasteiger partial charge on any atom is 0.307 e. The number of carboxylic acid groups (broad SMARTS) is 1. The van der Waals surface area contributed by atoms with Crippen molar-refractivity contribution in [1.29, 1.82) is 0 Å². The van der Waals surface area contributed by atoms with Crippen LogP contribution in [0.3, 0.4) is 0 Å². The second kappa shape index (κ2) is 7.87. The van der Waals surface area contributed by atoms with Gasteiger partial charge in [0, 0.05) is 26.2 Å². The van der Waals surface area contributed by atoms with Gasteiger partial charge in [-0.3, -0.25) is 9.69 Å². The predicted molar refractivity (Wildman–Crippen MR) is 75.2 cm³/mol. The van der Waals surface area contributed by atoms with Gasteiger partial charge in [0.25, 0.3) is 0 Å². The largest absolute Gasteiger partial charge is 0.492 e. The van der Waals surface area contributed by atoms with Crippen molar-refractivity contribution in [3.05, 3.63) is 29.8 Å². The van der Waals surface area contributed by atoms with Crippen molar-refractivity contribution in [3.8, 4) is 5.75 Å². The first-order chi connectivity index (χ1) is 9.74. The highest BCUT2D eigenvalue weighted by Crippen LogP contribution is 2.12. The van der Waals surface area contributed by atoms with Gasteiger partial charge in [-0.05, 0) is 24.1 Å². The van der Waals surface area contributed by atoms with Gasteiger partial charge in [0.15, 0.2) is 0 Å². The molecule has 0 aromatic heterocycles. The van der Waals surface area contributed by atoms with E-state index in [1.165, 1.54) is 0 Å². The van der Waals surface area contributed by atoms with E-state index in [2.05, 4.69) is 4.90 Å². The smallest absolute Gasteiger partial charge is 0.307 e. The molecule has 1 N–H and O–H groups in total. The van der Waals surface area contributed by atoms with Gasteiger partial charge in [0.1, 0.15) is 12.4 Å². The van der Waals surface area contributed by atoms with E-state index >= 15 is 0 Å². The maximum absolute atomic E-state index is 10.6. The number of benzene rings is 1. The summed E-state index contributed by atoms with van der Waals surface area (Å²) in [4.78, 5) is 12.9. The van der Waals surface area contributed by atoms with E-state index in [-0.39, 0.29) is 6.42 Å². The third-order valence-electron chi connectivity index (χ3n) is 3.27. The third-order valence-corrected chi connectivity index (χ3v) is 3.27. The molecule has 0 amide bonds. The minimum atomic E-state index is -0.818. The summed E-state index contributed by atoms with van der Waals surface area (Å²) in [7, 11) is 0. The lowest BCUT2D eigenvalue weighted by Gasteiger charge is -2.19. The van der Waals surface area contributed by atoms with E-state index in [0.29, 0.717) is 6.61 Å². The SMILES string of the molecule is O=C(O)Cc1ccc(OCCN2CCCOCC2)cc1. The molecule has 1 heterocycles. The summed E-state index contributed by atoms with van der Waals surface area (Å²) < 4.78 is 11.1. The lowest BCUT2D eigenvalue weighted by molar-refractivity contribution is -0.136. The number of carbonyl (C=O) groups is 1. The Labute approximate surface area is 119 Å². The van der Waals surface area contributed by atoms with Crippen LogP contribution in [0.4, 0.5) is 0 Å². The topological polar surface area (TPSA) is 59.0 Å². The second-order valence-electron chi connectivity index (χ2n) is 4.87. The first-order valence-electron chi connectivity index (χ1n) is 6.98. The number of hydrogen-bond acceptors (Lipinski definition) is 4. The normalized spacial score (nSPS) is 16.6. The molecule has 1 saturated heterocycles. The zero-order valence-corrected chi connectivity index (χ0v) is 11.6. The van der Waals surface area contributed by atoms with E-state index in [1.807, 2.05) is 12.1 Å². The summed E-state index contributed by atoms with van der Waals surface area (Å²) in [6.45, 7) is 5.19. The van der Waals surface area contributed by atoms with Crippen LogP contribution in [0.2, 0.25) is 0 Å². The fraction of sp³-hybridized carbons (Fsp3) is 0.533. The molecule has 110 valence electrons. The fourth-order valence-corrected chi connectivity index (χ4v) is 2.19. The summed E-state index contributed by atoms with van der Waals surface area (Å²) in [5.74, 6) is -0.0349. The van der Waals surface area contributed by atoms with Crippen molar-refractivity contribution >= 4 is 5.97 Å². The number of rotatable bonds is 6. The molecule has 2 rings (SSSR count). The molecule has 20 heavy (non-hydrogen) atoms. The molecular formula is C15H21NO4. The van der Waals surface area contributed by atoms with Gasteiger partial charge in [0.2, 0.25) is 0 Å². The summed E-state index contributed by atoms with van der Waals surface area (Å²) in [6, 6.07) is 7.24. The van der Waals surface area contributed by atoms with E-state index in [1.54, 1.807) is 12.1 Å². The van der Waals surface area contributed by atoms with Gasteiger partial charge in [0.05, 0.1) is 13.0 Å². The molecule has 0 atom stereocenters. The predicted octanol–water partition coefficient (Wildman–Crippen LogP) is 1.41. The van der Waals surface area contributed by atoms with Crippen molar-refractivity contribution in [2.45, 2.75) is 12.8 Å². The van der Waals surface area contributed by atoms with Crippen LogP contribution in [0.1, 0.15) is 12.0 Å². The Morgan fingerprint density at radius 1 is 1.25 bits per heavy atom. The summed E-state index contributed by atoms with van der Waals surface area (Å²) >= 11 is 0. The first-order valence-corrected chi connectivity index (χ1v) is 6.98. The number of nitrogens with zero attached hydrogens (tertiary/aromatic N) is 1. The number of aliphatic carboxylic acids is 1. The number of ether oxygens (including phenoxy) is 2. The zero-order chi connectivity index (χ0) is 14.2. The van der Waals surface area contributed by atoms with Crippen molar-refractivity contribution in [2.24, 2.45) is 0 Å². The molecule has 1 fully saturated rings. The second-order valence-corrected chi connectivity index (χ2v) is 4.87. The van der Waals surface area contributed by atoms with Crippen LogP contribution in [0.25, 0.3) is 0 Å². The van der Waals surface area contributed by atoms with Crippen LogP contribution in [0, 0.1) is 0 Å². The molecule has 1 aliphatic heterocycles. The van der Waals surface area contributed by atoms with Crippen molar-refractivity contribution in [1.82, 2.24) is 4.90 Å². The van der Waals surface area contributed by atoms with Crippen LogP contribution in [0.5, 0.6) is 5.75 Å². The molecule has 0 spiro atoms. The first kappa shape index (κ1) is 14.8. The monoisotopic (exact) mass is 279 g/mol. The average molecular weight is 279 g/mol. The van der Waals surface area contributed by atoms with Gasteiger partial charge in [-0.15, -0.1) is 0 Å². The molecule has 1 aromatic carbocycles. The van der Waals surface area contributed by atoms with Crippen molar-refractivity contribution in [3.63, 3.8) is 0 Å². The van der Waals surface area contributed by atoms with Crippen molar-refractivity contribution < 1.29 is 19.4 Å². The minimum Gasteiger partial charge on any atom is -0.492 e. The van der Waals surface area contributed by atoms with Crippen LogP contribution in [0.15, 0.2) is 24.3 Å². The molecular weight excluding hydrogens is 258 g/mol. The van der Waals surface area contributed by atoms with Gasteiger partial charge in [-0.25, -0.2) is 0 Å².